The molecule has 3 heterocycles. The molecular weight excluding hydrogens is 547 g/mol. The van der Waals surface area contributed by atoms with Gasteiger partial charge in [-0.2, -0.15) is 0 Å². The van der Waals surface area contributed by atoms with Gasteiger partial charge in [0.15, 0.2) is 0 Å². The first kappa shape index (κ1) is 23.2. The molecule has 0 N–H and O–H groups in total. The van der Waals surface area contributed by atoms with Gasteiger partial charge in [0.1, 0.15) is 0 Å². The van der Waals surface area contributed by atoms with Crippen LogP contribution in [-0.2, 0) is 5.41 Å². The highest BCUT2D eigenvalue weighted by Crippen LogP contribution is 2.58. The molecule has 0 unspecified atom stereocenters. The molecule has 3 aromatic heterocycles. The smallest absolute Gasteiger partial charge is 0.0629 e. The van der Waals surface area contributed by atoms with E-state index in [0.29, 0.717) is 0 Å². The van der Waals surface area contributed by atoms with Crippen molar-refractivity contribution < 1.29 is 0 Å². The fraction of sp³-hybridized carbons (Fsp3) is 0.0769. The number of benzene rings is 6. The third kappa shape index (κ3) is 2.74. The predicted molar refractivity (Wildman–Crippen MR) is 184 cm³/mol. The Morgan fingerprint density at radius 2 is 1.24 bits per heavy atom. The van der Waals surface area contributed by atoms with E-state index in [1.165, 1.54) is 90.1 Å². The molecule has 0 bridgehead atoms. The van der Waals surface area contributed by atoms with Crippen LogP contribution in [0.4, 0.5) is 0 Å². The second kappa shape index (κ2) is 7.89. The fourth-order valence-corrected chi connectivity index (χ4v) is 10.3. The first-order valence-electron chi connectivity index (χ1n) is 14.5. The van der Waals surface area contributed by atoms with Crippen molar-refractivity contribution in [1.82, 2.24) is 4.57 Å². The number of aromatic nitrogens is 1. The summed E-state index contributed by atoms with van der Waals surface area (Å²) in [5.74, 6) is 0. The molecule has 0 saturated carbocycles. The zero-order valence-electron chi connectivity index (χ0n) is 23.2. The Morgan fingerprint density at radius 1 is 0.571 bits per heavy atom. The summed E-state index contributed by atoms with van der Waals surface area (Å²) < 4.78 is 8.04. The number of rotatable bonds is 1. The lowest BCUT2D eigenvalue weighted by Gasteiger charge is -2.22. The molecule has 3 heteroatoms. The van der Waals surface area contributed by atoms with Gasteiger partial charge < -0.3 is 4.57 Å². The van der Waals surface area contributed by atoms with Crippen LogP contribution in [0.3, 0.4) is 0 Å². The second-order valence-electron chi connectivity index (χ2n) is 12.1. The first-order chi connectivity index (χ1) is 20.6. The fourth-order valence-electron chi connectivity index (χ4n) is 7.79. The average molecular weight is 572 g/mol. The standard InChI is InChI=1S/C39H25NS2/c1-39(2)28-15-7-3-12-24(28)35-36(39)38-34(26-14-6-10-18-31(26)42-38)33-25-13-4-8-16-29(25)40(37(33)35)22-19-20-32-27(21-22)23-11-5-9-17-30(23)41-32/h3-21H,1-2H3. The Balaban J connectivity index is 1.49. The Morgan fingerprint density at radius 3 is 2.10 bits per heavy atom. The summed E-state index contributed by atoms with van der Waals surface area (Å²) in [5, 5.41) is 8.13. The van der Waals surface area contributed by atoms with Crippen molar-refractivity contribution in [2.45, 2.75) is 19.3 Å². The second-order valence-corrected chi connectivity index (χ2v) is 14.2. The zero-order valence-corrected chi connectivity index (χ0v) is 24.9. The minimum atomic E-state index is -0.103. The van der Waals surface area contributed by atoms with Crippen molar-refractivity contribution in [2.75, 3.05) is 0 Å². The van der Waals surface area contributed by atoms with Crippen LogP contribution in [0.15, 0.2) is 115 Å². The molecule has 10 rings (SSSR count). The molecule has 9 aromatic rings. The quantitative estimate of drug-likeness (QED) is 0.185. The van der Waals surface area contributed by atoms with Crippen molar-refractivity contribution in [3.8, 4) is 16.8 Å². The minimum Gasteiger partial charge on any atom is -0.309 e. The summed E-state index contributed by atoms with van der Waals surface area (Å²) in [4.78, 5) is 0. The highest BCUT2D eigenvalue weighted by Gasteiger charge is 2.40. The average Bonchev–Trinajstić information content (AvgIpc) is 3.74. The van der Waals surface area contributed by atoms with Gasteiger partial charge in [0.25, 0.3) is 0 Å². The first-order valence-corrected chi connectivity index (χ1v) is 16.2. The maximum Gasteiger partial charge on any atom is 0.0629 e. The van der Waals surface area contributed by atoms with Crippen molar-refractivity contribution >= 4 is 84.8 Å². The van der Waals surface area contributed by atoms with E-state index >= 15 is 0 Å². The van der Waals surface area contributed by atoms with Crippen molar-refractivity contribution in [2.24, 2.45) is 0 Å². The molecule has 0 amide bonds. The highest BCUT2D eigenvalue weighted by molar-refractivity contribution is 7.26. The maximum atomic E-state index is 2.57. The minimum absolute atomic E-state index is 0.103. The number of para-hydroxylation sites is 1. The molecule has 0 aliphatic heterocycles. The van der Waals surface area contributed by atoms with Crippen molar-refractivity contribution in [3.05, 3.63) is 126 Å². The van der Waals surface area contributed by atoms with Gasteiger partial charge in [-0.05, 0) is 53.1 Å². The Kier molecular flexibility index (Phi) is 4.35. The van der Waals surface area contributed by atoms with E-state index in [1.54, 1.807) is 0 Å². The van der Waals surface area contributed by atoms with E-state index in [9.17, 15) is 0 Å². The van der Waals surface area contributed by atoms with Crippen LogP contribution in [0.5, 0.6) is 0 Å². The van der Waals surface area contributed by atoms with Gasteiger partial charge in [-0.1, -0.05) is 92.7 Å². The predicted octanol–water partition coefficient (Wildman–Crippen LogP) is 11.8. The number of fused-ring (bicyclic) bond motifs is 15. The summed E-state index contributed by atoms with van der Waals surface area (Å²) >= 11 is 3.85. The van der Waals surface area contributed by atoms with E-state index in [-0.39, 0.29) is 5.41 Å². The highest BCUT2D eigenvalue weighted by atomic mass is 32.1. The Labute approximate surface area is 250 Å². The van der Waals surface area contributed by atoms with E-state index < -0.39 is 0 Å². The lowest BCUT2D eigenvalue weighted by molar-refractivity contribution is 0.667. The lowest BCUT2D eigenvalue weighted by Crippen LogP contribution is -2.15. The van der Waals surface area contributed by atoms with Gasteiger partial charge in [-0.15, -0.1) is 22.7 Å². The van der Waals surface area contributed by atoms with Crippen LogP contribution < -0.4 is 0 Å². The van der Waals surface area contributed by atoms with Crippen LogP contribution in [0.2, 0.25) is 0 Å². The number of hydrogen-bond donors (Lipinski definition) is 0. The molecule has 1 nitrogen and oxygen atoms in total. The summed E-state index contributed by atoms with van der Waals surface area (Å²) in [7, 11) is 0. The SMILES string of the molecule is CC1(C)c2ccccc2-c2c1c1sc3ccccc3c1c1c3ccccc3n(-c3ccc4sc5ccccc5c4c3)c21. The van der Waals surface area contributed by atoms with Crippen LogP contribution in [0, 0.1) is 0 Å². The van der Waals surface area contributed by atoms with E-state index in [0.717, 1.165) is 0 Å². The van der Waals surface area contributed by atoms with E-state index in [4.69, 9.17) is 0 Å². The number of hydrogen-bond acceptors (Lipinski definition) is 2. The topological polar surface area (TPSA) is 4.93 Å². The largest absolute Gasteiger partial charge is 0.309 e. The molecule has 0 spiro atoms. The normalized spacial score (nSPS) is 14.1. The molecular formula is C39H25NS2. The van der Waals surface area contributed by atoms with Gasteiger partial charge in [0.2, 0.25) is 0 Å². The molecule has 198 valence electrons. The molecule has 0 saturated heterocycles. The number of thiophene rings is 2. The third-order valence-electron chi connectivity index (χ3n) is 9.55. The molecule has 0 radical (unpaired) electrons. The molecule has 42 heavy (non-hydrogen) atoms. The van der Waals surface area contributed by atoms with Crippen molar-refractivity contribution in [1.29, 1.82) is 0 Å². The van der Waals surface area contributed by atoms with E-state index in [1.807, 2.05) is 22.7 Å². The van der Waals surface area contributed by atoms with E-state index in [2.05, 4.69) is 134 Å². The summed E-state index contributed by atoms with van der Waals surface area (Å²) in [5.41, 5.74) is 9.37. The zero-order chi connectivity index (χ0) is 27.7. The molecule has 1 aliphatic carbocycles. The Hall–Kier alpha value is -4.44. The van der Waals surface area contributed by atoms with Gasteiger partial charge in [0.05, 0.1) is 11.0 Å². The monoisotopic (exact) mass is 571 g/mol. The lowest BCUT2D eigenvalue weighted by atomic mass is 9.81. The van der Waals surface area contributed by atoms with Crippen LogP contribution in [-0.4, -0.2) is 4.57 Å². The molecule has 6 aromatic carbocycles. The Bertz CT molecular complexity index is 2610. The molecule has 1 aliphatic rings. The van der Waals surface area contributed by atoms with Crippen molar-refractivity contribution in [3.63, 3.8) is 0 Å². The third-order valence-corrected chi connectivity index (χ3v) is 11.9. The summed E-state index contributed by atoms with van der Waals surface area (Å²) in [6, 6.07) is 43.0. The maximum absolute atomic E-state index is 2.57. The van der Waals surface area contributed by atoms with Gasteiger partial charge in [-0.3, -0.25) is 0 Å². The van der Waals surface area contributed by atoms with Gasteiger partial charge in [-0.25, -0.2) is 0 Å². The van der Waals surface area contributed by atoms with Gasteiger partial charge in [0, 0.05) is 67.8 Å². The van der Waals surface area contributed by atoms with Crippen LogP contribution >= 0.6 is 22.7 Å². The van der Waals surface area contributed by atoms with Crippen LogP contribution in [0.1, 0.15) is 25.0 Å². The number of nitrogens with zero attached hydrogens (tertiary/aromatic N) is 1. The van der Waals surface area contributed by atoms with Gasteiger partial charge >= 0.3 is 0 Å². The summed E-state index contributed by atoms with van der Waals surface area (Å²) in [6.45, 7) is 4.84. The van der Waals surface area contributed by atoms with Crippen LogP contribution in [0.25, 0.3) is 79.0 Å². The molecule has 0 atom stereocenters. The summed E-state index contributed by atoms with van der Waals surface area (Å²) in [6.07, 6.45) is 0. The molecule has 0 fully saturated rings.